The van der Waals surface area contributed by atoms with Crippen molar-refractivity contribution in [1.29, 1.82) is 0 Å². The van der Waals surface area contributed by atoms with Gasteiger partial charge in [-0.25, -0.2) is 4.79 Å². The van der Waals surface area contributed by atoms with Crippen LogP contribution in [0.5, 0.6) is 0 Å². The Hall–Kier alpha value is -1.73. The number of nitrogens with one attached hydrogen (secondary N) is 1. The van der Waals surface area contributed by atoms with Crippen LogP contribution >= 0.6 is 11.8 Å². The molecule has 7 heteroatoms. The predicted molar refractivity (Wildman–Crippen MR) is 93.6 cm³/mol. The third-order valence-electron chi connectivity index (χ3n) is 4.34. The summed E-state index contributed by atoms with van der Waals surface area (Å²) in [6.07, 6.45) is 0. The number of rotatable bonds is 4. The molecule has 1 aliphatic heterocycles. The van der Waals surface area contributed by atoms with Crippen molar-refractivity contribution in [3.8, 4) is 0 Å². The van der Waals surface area contributed by atoms with Gasteiger partial charge in [-0.1, -0.05) is 12.1 Å². The van der Waals surface area contributed by atoms with E-state index < -0.39 is 0 Å². The van der Waals surface area contributed by atoms with Gasteiger partial charge in [0.25, 0.3) is 0 Å². The zero-order chi connectivity index (χ0) is 17.0. The van der Waals surface area contributed by atoms with Gasteiger partial charge in [0.2, 0.25) is 5.91 Å². The Balaban J connectivity index is 2.07. The van der Waals surface area contributed by atoms with E-state index >= 15 is 0 Å². The number of nitrogens with two attached hydrogens (primary N) is 1. The highest BCUT2D eigenvalue weighted by molar-refractivity contribution is 8.00. The number of urea groups is 1. The molecule has 6 nitrogen and oxygen atoms in total. The average Bonchev–Trinajstić information content (AvgIpc) is 2.51. The highest BCUT2D eigenvalue weighted by Gasteiger charge is 2.31. The summed E-state index contributed by atoms with van der Waals surface area (Å²) in [4.78, 5) is 28.5. The maximum atomic E-state index is 12.6. The maximum absolute atomic E-state index is 12.6. The zero-order valence-corrected chi connectivity index (χ0v) is 14.6. The van der Waals surface area contributed by atoms with Crippen LogP contribution in [0.1, 0.15) is 13.8 Å². The Morgan fingerprint density at radius 1 is 1.26 bits per heavy atom. The van der Waals surface area contributed by atoms with E-state index in [0.717, 1.165) is 11.4 Å². The van der Waals surface area contributed by atoms with Gasteiger partial charge in [0.05, 0.1) is 11.4 Å². The molecule has 2 rings (SSSR count). The number of carbonyl (C=O) groups excluding carboxylic acids is 2. The van der Waals surface area contributed by atoms with Crippen LogP contribution in [0.3, 0.4) is 0 Å². The number of benzene rings is 1. The van der Waals surface area contributed by atoms with Gasteiger partial charge >= 0.3 is 6.03 Å². The highest BCUT2D eigenvalue weighted by atomic mass is 32.2. The van der Waals surface area contributed by atoms with Crippen LogP contribution in [-0.2, 0) is 4.79 Å². The second kappa shape index (κ2) is 7.70. The fourth-order valence-electron chi connectivity index (χ4n) is 2.62. The van der Waals surface area contributed by atoms with E-state index in [2.05, 4.69) is 31.1 Å². The molecule has 23 heavy (non-hydrogen) atoms. The van der Waals surface area contributed by atoms with Crippen molar-refractivity contribution in [3.05, 3.63) is 24.3 Å². The summed E-state index contributed by atoms with van der Waals surface area (Å²) in [7, 11) is 2.08. The Morgan fingerprint density at radius 2 is 1.96 bits per heavy atom. The van der Waals surface area contributed by atoms with Crippen LogP contribution in [0.15, 0.2) is 29.2 Å². The van der Waals surface area contributed by atoms with Crippen molar-refractivity contribution < 1.29 is 9.59 Å². The minimum Gasteiger partial charge on any atom is -0.369 e. The van der Waals surface area contributed by atoms with Gasteiger partial charge in [-0.05, 0) is 33.0 Å². The predicted octanol–water partition coefficient (Wildman–Crippen LogP) is 1.82. The summed E-state index contributed by atoms with van der Waals surface area (Å²) in [5.41, 5.74) is 5.91. The number of hydrogen-bond acceptors (Lipinski definition) is 4. The van der Waals surface area contributed by atoms with E-state index in [4.69, 9.17) is 5.73 Å². The number of piperazine rings is 1. The van der Waals surface area contributed by atoms with Crippen LogP contribution in [0.2, 0.25) is 0 Å². The van der Waals surface area contributed by atoms with Gasteiger partial charge in [0, 0.05) is 30.1 Å². The van der Waals surface area contributed by atoms with Gasteiger partial charge in [-0.15, -0.1) is 11.8 Å². The summed E-state index contributed by atoms with van der Waals surface area (Å²) < 4.78 is 0. The molecule has 126 valence electrons. The molecule has 0 spiro atoms. The van der Waals surface area contributed by atoms with E-state index in [1.54, 1.807) is 0 Å². The van der Waals surface area contributed by atoms with Crippen LogP contribution < -0.4 is 11.1 Å². The van der Waals surface area contributed by atoms with Gasteiger partial charge in [-0.3, -0.25) is 9.69 Å². The molecule has 3 amide bonds. The highest BCUT2D eigenvalue weighted by Crippen LogP contribution is 2.27. The third kappa shape index (κ3) is 4.39. The third-order valence-corrected chi connectivity index (χ3v) is 5.43. The molecule has 3 N–H and O–H groups in total. The smallest absolute Gasteiger partial charge is 0.322 e. The van der Waals surface area contributed by atoms with E-state index in [9.17, 15) is 9.59 Å². The lowest BCUT2D eigenvalue weighted by Crippen LogP contribution is -2.58. The van der Waals surface area contributed by atoms with E-state index in [0.29, 0.717) is 18.3 Å². The second-order valence-corrected chi connectivity index (χ2v) is 6.85. The Labute approximate surface area is 141 Å². The SMILES string of the molecule is CC1C(C)N(C(=O)Nc2ccccc2SCC(N)=O)CCN1C. The lowest BCUT2D eigenvalue weighted by Gasteiger charge is -2.43. The first-order valence-electron chi connectivity index (χ1n) is 7.68. The molecular formula is C16H24N4O2S. The molecule has 0 saturated carbocycles. The minimum absolute atomic E-state index is 0.107. The second-order valence-electron chi connectivity index (χ2n) is 5.84. The average molecular weight is 336 g/mol. The standard InChI is InChI=1S/C16H24N4O2S/c1-11-12(2)20(9-8-19(11)3)16(22)18-13-6-4-5-7-14(13)23-10-15(17)21/h4-7,11-12H,8-10H2,1-3H3,(H2,17,21)(H,18,22). The molecule has 1 saturated heterocycles. The van der Waals surface area contributed by atoms with Crippen LogP contribution in [0, 0.1) is 0 Å². The number of para-hydroxylation sites is 1. The Bertz CT molecular complexity index is 581. The van der Waals surface area contributed by atoms with Crippen LogP contribution in [0.25, 0.3) is 0 Å². The lowest BCUT2D eigenvalue weighted by molar-refractivity contribution is -0.115. The van der Waals surface area contributed by atoms with Gasteiger partial charge in [-0.2, -0.15) is 0 Å². The van der Waals surface area contributed by atoms with Crippen molar-refractivity contribution in [2.24, 2.45) is 5.73 Å². The number of amides is 3. The first-order chi connectivity index (χ1) is 10.9. The summed E-state index contributed by atoms with van der Waals surface area (Å²) in [5.74, 6) is -0.188. The first kappa shape index (κ1) is 17.6. The van der Waals surface area contributed by atoms with Crippen molar-refractivity contribution in [3.63, 3.8) is 0 Å². The summed E-state index contributed by atoms with van der Waals surface area (Å²) in [6, 6.07) is 7.79. The van der Waals surface area contributed by atoms with Gasteiger partial charge < -0.3 is 16.0 Å². The molecule has 1 fully saturated rings. The summed E-state index contributed by atoms with van der Waals surface area (Å²) in [5, 5.41) is 2.97. The number of hydrogen-bond donors (Lipinski definition) is 2. The summed E-state index contributed by atoms with van der Waals surface area (Å²) in [6.45, 7) is 5.75. The lowest BCUT2D eigenvalue weighted by atomic mass is 10.1. The molecule has 0 bridgehead atoms. The molecular weight excluding hydrogens is 312 g/mol. The van der Waals surface area contributed by atoms with E-state index in [-0.39, 0.29) is 23.7 Å². The largest absolute Gasteiger partial charge is 0.369 e. The van der Waals surface area contributed by atoms with Crippen LogP contribution in [0.4, 0.5) is 10.5 Å². The zero-order valence-electron chi connectivity index (χ0n) is 13.8. The van der Waals surface area contributed by atoms with E-state index in [1.165, 1.54) is 11.8 Å². The fourth-order valence-corrected chi connectivity index (χ4v) is 3.37. The van der Waals surface area contributed by atoms with Crippen LogP contribution in [-0.4, -0.2) is 59.7 Å². The normalized spacial score (nSPS) is 22.0. The summed E-state index contributed by atoms with van der Waals surface area (Å²) >= 11 is 1.33. The van der Waals surface area contributed by atoms with Crippen molar-refractivity contribution in [1.82, 2.24) is 9.80 Å². The molecule has 1 aromatic rings. The molecule has 1 aliphatic rings. The number of thioether (sulfide) groups is 1. The Morgan fingerprint density at radius 3 is 2.65 bits per heavy atom. The minimum atomic E-state index is -0.377. The molecule has 0 aromatic heterocycles. The monoisotopic (exact) mass is 336 g/mol. The van der Waals surface area contributed by atoms with Gasteiger partial charge in [0.15, 0.2) is 0 Å². The van der Waals surface area contributed by atoms with Gasteiger partial charge in [0.1, 0.15) is 0 Å². The molecule has 2 unspecified atom stereocenters. The molecule has 0 aliphatic carbocycles. The van der Waals surface area contributed by atoms with E-state index in [1.807, 2.05) is 29.2 Å². The fraction of sp³-hybridized carbons (Fsp3) is 0.500. The molecule has 2 atom stereocenters. The number of likely N-dealkylation sites (N-methyl/N-ethyl adjacent to an activating group) is 1. The number of primary amides is 1. The topological polar surface area (TPSA) is 78.7 Å². The first-order valence-corrected chi connectivity index (χ1v) is 8.66. The number of carbonyl (C=O) groups is 2. The maximum Gasteiger partial charge on any atom is 0.322 e. The van der Waals surface area contributed by atoms with Crippen molar-refractivity contribution >= 4 is 29.4 Å². The number of anilines is 1. The quantitative estimate of drug-likeness (QED) is 0.822. The van der Waals surface area contributed by atoms with Crippen molar-refractivity contribution in [2.45, 2.75) is 30.8 Å². The molecule has 1 heterocycles. The Kier molecular flexibility index (Phi) is 5.90. The van der Waals surface area contributed by atoms with Crippen molar-refractivity contribution in [2.75, 3.05) is 31.2 Å². The molecule has 1 aromatic carbocycles. The molecule has 0 radical (unpaired) electrons. The number of nitrogens with zero attached hydrogens (tertiary/aromatic N) is 2.